The van der Waals surface area contributed by atoms with Gasteiger partial charge in [0.25, 0.3) is 0 Å². The predicted octanol–water partition coefficient (Wildman–Crippen LogP) is 4.26. The highest BCUT2D eigenvalue weighted by Crippen LogP contribution is 2.29. The van der Waals surface area contributed by atoms with Gasteiger partial charge in [-0.3, -0.25) is 9.36 Å². The molecule has 1 atom stereocenters. The average molecular weight is 396 g/mol. The molecule has 0 saturated carbocycles. The van der Waals surface area contributed by atoms with E-state index in [1.54, 1.807) is 9.13 Å². The van der Waals surface area contributed by atoms with E-state index >= 15 is 0 Å². The largest absolute Gasteiger partial charge is 0.391 e. The number of imidazole rings is 1. The van der Waals surface area contributed by atoms with Gasteiger partial charge in [-0.05, 0) is 44.0 Å². The van der Waals surface area contributed by atoms with E-state index in [0.29, 0.717) is 23.7 Å². The first-order chi connectivity index (χ1) is 13.2. The molecule has 0 amide bonds. The lowest BCUT2D eigenvalue weighted by Gasteiger charge is -2.18. The van der Waals surface area contributed by atoms with E-state index in [4.69, 9.17) is 0 Å². The van der Waals surface area contributed by atoms with E-state index in [2.05, 4.69) is 9.97 Å². The second-order valence-electron chi connectivity index (χ2n) is 6.68. The summed E-state index contributed by atoms with van der Waals surface area (Å²) in [7, 11) is 0. The van der Waals surface area contributed by atoms with Crippen LogP contribution in [0.2, 0.25) is 0 Å². The Balaban J connectivity index is 2.07. The van der Waals surface area contributed by atoms with Crippen molar-refractivity contribution in [3.05, 3.63) is 52.6 Å². The van der Waals surface area contributed by atoms with Crippen molar-refractivity contribution in [1.82, 2.24) is 19.1 Å². The number of nitrogens with zero attached hydrogens (tertiary/aromatic N) is 4. The zero-order chi connectivity index (χ0) is 20.5. The lowest BCUT2D eigenvalue weighted by molar-refractivity contribution is -0.171. The van der Waals surface area contributed by atoms with Crippen molar-refractivity contribution in [2.24, 2.45) is 5.92 Å². The second-order valence-corrected chi connectivity index (χ2v) is 6.68. The fourth-order valence-electron chi connectivity index (χ4n) is 3.09. The van der Waals surface area contributed by atoms with Gasteiger partial charge < -0.3 is 4.57 Å². The molecule has 3 aromatic rings. The van der Waals surface area contributed by atoms with Crippen LogP contribution in [0.1, 0.15) is 32.5 Å². The van der Waals surface area contributed by atoms with Gasteiger partial charge in [0.1, 0.15) is 11.6 Å². The van der Waals surface area contributed by atoms with Gasteiger partial charge in [-0.1, -0.05) is 6.92 Å². The van der Waals surface area contributed by atoms with Crippen LogP contribution < -0.4 is 5.56 Å². The van der Waals surface area contributed by atoms with Crippen molar-refractivity contribution in [3.63, 3.8) is 0 Å². The van der Waals surface area contributed by atoms with Crippen LogP contribution >= 0.6 is 0 Å². The maximum atomic E-state index is 13.4. The number of halogens is 4. The predicted molar refractivity (Wildman–Crippen MR) is 96.9 cm³/mol. The molecule has 9 heteroatoms. The number of hydrogen-bond acceptors (Lipinski definition) is 3. The summed E-state index contributed by atoms with van der Waals surface area (Å²) in [6.45, 7) is 3.55. The Morgan fingerprint density at radius 1 is 1.18 bits per heavy atom. The molecular formula is C19H20F4N4O. The van der Waals surface area contributed by atoms with E-state index < -0.39 is 23.5 Å². The van der Waals surface area contributed by atoms with Crippen molar-refractivity contribution >= 4 is 11.2 Å². The Morgan fingerprint density at radius 2 is 1.86 bits per heavy atom. The number of alkyl halides is 3. The van der Waals surface area contributed by atoms with Crippen molar-refractivity contribution < 1.29 is 17.6 Å². The van der Waals surface area contributed by atoms with Crippen LogP contribution in [-0.4, -0.2) is 25.3 Å². The Kier molecular flexibility index (Phi) is 5.53. The fraction of sp³-hybridized carbons (Fsp3) is 0.421. The summed E-state index contributed by atoms with van der Waals surface area (Å²) < 4.78 is 55.1. The Hall–Kier alpha value is -2.71. The average Bonchev–Trinajstić information content (AvgIpc) is 3.06. The first-order valence-corrected chi connectivity index (χ1v) is 9.01. The van der Waals surface area contributed by atoms with E-state index in [0.717, 1.165) is 6.92 Å². The standard InChI is InChI=1S/C19H20F4N4O/c1-3-26-11-24-16-17(28)25-15(6-4-5-12(2)19(21,22)23)27(18(16)26)14-9-7-13(20)8-10-14/h7-12H,3-6H2,1-2H3. The van der Waals surface area contributed by atoms with Crippen LogP contribution in [0.15, 0.2) is 35.4 Å². The summed E-state index contributed by atoms with van der Waals surface area (Å²) in [5.74, 6) is -1.53. The summed E-state index contributed by atoms with van der Waals surface area (Å²) in [6, 6.07) is 5.63. The van der Waals surface area contributed by atoms with Gasteiger partial charge >= 0.3 is 11.7 Å². The Bertz CT molecular complexity index is 1020. The molecule has 0 saturated heterocycles. The summed E-state index contributed by atoms with van der Waals surface area (Å²) >= 11 is 0. The summed E-state index contributed by atoms with van der Waals surface area (Å²) in [5.41, 5.74) is 0.693. The first-order valence-electron chi connectivity index (χ1n) is 9.01. The number of hydrogen-bond donors (Lipinski definition) is 0. The third-order valence-corrected chi connectivity index (χ3v) is 4.73. The Labute approximate surface area is 158 Å². The lowest BCUT2D eigenvalue weighted by Crippen LogP contribution is -2.22. The molecule has 0 bridgehead atoms. The van der Waals surface area contributed by atoms with Gasteiger partial charge in [-0.25, -0.2) is 9.37 Å². The van der Waals surface area contributed by atoms with Crippen LogP contribution in [0, 0.1) is 11.7 Å². The van der Waals surface area contributed by atoms with E-state index in [-0.39, 0.29) is 24.8 Å². The minimum absolute atomic E-state index is 0.0755. The molecule has 5 nitrogen and oxygen atoms in total. The minimum atomic E-state index is -4.26. The van der Waals surface area contributed by atoms with Gasteiger partial charge in [-0.15, -0.1) is 0 Å². The monoisotopic (exact) mass is 396 g/mol. The van der Waals surface area contributed by atoms with Crippen LogP contribution in [0.3, 0.4) is 0 Å². The van der Waals surface area contributed by atoms with Crippen molar-refractivity contribution in [3.8, 4) is 5.69 Å². The summed E-state index contributed by atoms with van der Waals surface area (Å²) in [4.78, 5) is 20.6. The van der Waals surface area contributed by atoms with E-state index in [9.17, 15) is 22.4 Å². The van der Waals surface area contributed by atoms with Crippen molar-refractivity contribution in [1.29, 1.82) is 0 Å². The fourth-order valence-corrected chi connectivity index (χ4v) is 3.09. The number of aromatic nitrogens is 4. The van der Waals surface area contributed by atoms with Crippen LogP contribution in [0.4, 0.5) is 17.6 Å². The zero-order valence-corrected chi connectivity index (χ0v) is 15.5. The van der Waals surface area contributed by atoms with Gasteiger partial charge in [0.15, 0.2) is 11.2 Å². The molecule has 0 fully saturated rings. The number of benzene rings is 1. The molecule has 0 spiro atoms. The maximum Gasteiger partial charge on any atom is 0.391 e. The number of aryl methyl sites for hydroxylation is 2. The van der Waals surface area contributed by atoms with Gasteiger partial charge in [0.2, 0.25) is 0 Å². The summed E-state index contributed by atoms with van der Waals surface area (Å²) in [6.07, 6.45) is -2.43. The quantitative estimate of drug-likeness (QED) is 0.585. The molecule has 28 heavy (non-hydrogen) atoms. The van der Waals surface area contributed by atoms with Gasteiger partial charge in [0, 0.05) is 18.7 Å². The van der Waals surface area contributed by atoms with Crippen molar-refractivity contribution in [2.75, 3.05) is 0 Å². The normalized spacial score (nSPS) is 13.2. The van der Waals surface area contributed by atoms with Crippen LogP contribution in [0.5, 0.6) is 0 Å². The molecule has 0 aliphatic heterocycles. The first kappa shape index (κ1) is 20.0. The van der Waals surface area contributed by atoms with Crippen molar-refractivity contribution in [2.45, 2.75) is 45.8 Å². The maximum absolute atomic E-state index is 13.4. The molecule has 1 aromatic carbocycles. The van der Waals surface area contributed by atoms with Crippen LogP contribution in [-0.2, 0) is 13.0 Å². The molecule has 1 unspecified atom stereocenters. The van der Waals surface area contributed by atoms with Gasteiger partial charge in [-0.2, -0.15) is 18.2 Å². The summed E-state index contributed by atoms with van der Waals surface area (Å²) in [5, 5.41) is 0. The molecule has 2 heterocycles. The highest BCUT2D eigenvalue weighted by Gasteiger charge is 2.35. The molecule has 3 rings (SSSR count). The number of fused-ring (bicyclic) bond motifs is 1. The van der Waals surface area contributed by atoms with Gasteiger partial charge in [0.05, 0.1) is 12.2 Å². The molecule has 0 aliphatic rings. The molecule has 150 valence electrons. The minimum Gasteiger partial charge on any atom is -0.316 e. The molecule has 0 radical (unpaired) electrons. The number of rotatable bonds is 6. The molecular weight excluding hydrogens is 376 g/mol. The second kappa shape index (κ2) is 7.73. The third kappa shape index (κ3) is 3.93. The topological polar surface area (TPSA) is 52.7 Å². The van der Waals surface area contributed by atoms with Crippen LogP contribution in [0.25, 0.3) is 16.9 Å². The zero-order valence-electron chi connectivity index (χ0n) is 15.5. The molecule has 0 aliphatic carbocycles. The highest BCUT2D eigenvalue weighted by molar-refractivity contribution is 5.72. The Morgan fingerprint density at radius 3 is 2.46 bits per heavy atom. The molecule has 0 N–H and O–H groups in total. The smallest absolute Gasteiger partial charge is 0.316 e. The molecule has 2 aromatic heterocycles. The van der Waals surface area contributed by atoms with E-state index in [1.807, 2.05) is 6.92 Å². The van der Waals surface area contributed by atoms with E-state index in [1.165, 1.54) is 30.6 Å². The lowest BCUT2D eigenvalue weighted by atomic mass is 10.0. The SMILES string of the molecule is CCn1cnc2c(=O)nc(CCCC(C)C(F)(F)F)n(-c3ccc(F)cc3)c21. The highest BCUT2D eigenvalue weighted by atomic mass is 19.4. The third-order valence-electron chi connectivity index (χ3n) is 4.73.